The maximum atomic E-state index is 11.2. The van der Waals surface area contributed by atoms with E-state index in [0.29, 0.717) is 23.3 Å². The SMILES string of the molecule is CCNc1cccc(NCC2(C)CC2)c1[N+](=O)[O-]. The number of hydrogen-bond donors (Lipinski definition) is 2. The molecule has 0 radical (unpaired) electrons. The number of rotatable bonds is 6. The van der Waals surface area contributed by atoms with E-state index in [1.807, 2.05) is 13.0 Å². The molecule has 0 bridgehead atoms. The minimum Gasteiger partial charge on any atom is -0.380 e. The number of anilines is 2. The van der Waals surface area contributed by atoms with Gasteiger partial charge in [-0.05, 0) is 37.3 Å². The number of nitro benzene ring substituents is 1. The molecule has 1 aromatic rings. The van der Waals surface area contributed by atoms with Gasteiger partial charge in [0.05, 0.1) is 4.92 Å². The molecule has 1 aliphatic rings. The predicted octanol–water partition coefficient (Wildman–Crippen LogP) is 3.24. The molecule has 5 nitrogen and oxygen atoms in total. The average molecular weight is 249 g/mol. The van der Waals surface area contributed by atoms with Crippen molar-refractivity contribution in [2.75, 3.05) is 23.7 Å². The summed E-state index contributed by atoms with van der Waals surface area (Å²) in [5, 5.41) is 17.4. The molecular formula is C13H19N3O2. The number of nitrogens with one attached hydrogen (secondary N) is 2. The summed E-state index contributed by atoms with van der Waals surface area (Å²) in [6.45, 7) is 5.58. The number of nitrogens with zero attached hydrogens (tertiary/aromatic N) is 1. The Hall–Kier alpha value is -1.78. The minimum atomic E-state index is -0.324. The smallest absolute Gasteiger partial charge is 0.315 e. The third-order valence-electron chi connectivity index (χ3n) is 3.39. The fraction of sp³-hybridized carbons (Fsp3) is 0.538. The fourth-order valence-electron chi connectivity index (χ4n) is 1.91. The second-order valence-electron chi connectivity index (χ2n) is 5.15. The van der Waals surface area contributed by atoms with Crippen LogP contribution in [0.15, 0.2) is 18.2 Å². The van der Waals surface area contributed by atoms with Crippen molar-refractivity contribution in [2.45, 2.75) is 26.7 Å². The summed E-state index contributed by atoms with van der Waals surface area (Å²) in [4.78, 5) is 10.9. The van der Waals surface area contributed by atoms with Crippen LogP contribution in [0.4, 0.5) is 17.1 Å². The van der Waals surface area contributed by atoms with Crippen LogP contribution in [0, 0.1) is 15.5 Å². The van der Waals surface area contributed by atoms with E-state index in [9.17, 15) is 10.1 Å². The van der Waals surface area contributed by atoms with E-state index < -0.39 is 0 Å². The summed E-state index contributed by atoms with van der Waals surface area (Å²) >= 11 is 0. The number of nitro groups is 1. The summed E-state index contributed by atoms with van der Waals surface area (Å²) in [6, 6.07) is 5.35. The standard InChI is InChI=1S/C13H19N3O2/c1-3-14-10-5-4-6-11(12(10)16(17)18)15-9-13(2)7-8-13/h4-6,14-15H,3,7-9H2,1-2H3. The van der Waals surface area contributed by atoms with E-state index in [1.54, 1.807) is 12.1 Å². The highest BCUT2D eigenvalue weighted by Crippen LogP contribution is 2.45. The van der Waals surface area contributed by atoms with Crippen LogP contribution in [0.5, 0.6) is 0 Å². The lowest BCUT2D eigenvalue weighted by Gasteiger charge is -2.13. The molecule has 1 aliphatic carbocycles. The first-order valence-electron chi connectivity index (χ1n) is 6.31. The van der Waals surface area contributed by atoms with Crippen molar-refractivity contribution in [2.24, 2.45) is 5.41 Å². The third-order valence-corrected chi connectivity index (χ3v) is 3.39. The van der Waals surface area contributed by atoms with E-state index in [4.69, 9.17) is 0 Å². The van der Waals surface area contributed by atoms with Gasteiger partial charge in [-0.3, -0.25) is 10.1 Å². The molecule has 0 saturated heterocycles. The normalized spacial score (nSPS) is 16.1. The van der Waals surface area contributed by atoms with Gasteiger partial charge < -0.3 is 10.6 Å². The maximum absolute atomic E-state index is 11.2. The molecule has 0 atom stereocenters. The van der Waals surface area contributed by atoms with Crippen LogP contribution in [0.2, 0.25) is 0 Å². The van der Waals surface area contributed by atoms with Crippen LogP contribution in [-0.4, -0.2) is 18.0 Å². The van der Waals surface area contributed by atoms with Crippen LogP contribution in [0.3, 0.4) is 0 Å². The van der Waals surface area contributed by atoms with Crippen LogP contribution < -0.4 is 10.6 Å². The van der Waals surface area contributed by atoms with Gasteiger partial charge >= 0.3 is 5.69 Å². The quantitative estimate of drug-likeness (QED) is 0.600. The van der Waals surface area contributed by atoms with E-state index in [1.165, 1.54) is 12.8 Å². The largest absolute Gasteiger partial charge is 0.380 e. The Balaban J connectivity index is 2.21. The first kappa shape index (κ1) is 12.7. The summed E-state index contributed by atoms with van der Waals surface area (Å²) in [6.07, 6.45) is 2.39. The molecule has 2 N–H and O–H groups in total. The molecule has 0 aromatic heterocycles. The highest BCUT2D eigenvalue weighted by Gasteiger charge is 2.37. The van der Waals surface area contributed by atoms with Gasteiger partial charge in [0.25, 0.3) is 0 Å². The zero-order valence-electron chi connectivity index (χ0n) is 10.8. The van der Waals surface area contributed by atoms with Crippen molar-refractivity contribution in [1.29, 1.82) is 0 Å². The lowest BCUT2D eigenvalue weighted by atomic mass is 10.1. The predicted molar refractivity (Wildman–Crippen MR) is 73.1 cm³/mol. The molecule has 1 saturated carbocycles. The first-order chi connectivity index (χ1) is 8.56. The summed E-state index contributed by atoms with van der Waals surface area (Å²) in [7, 11) is 0. The van der Waals surface area contributed by atoms with Crippen molar-refractivity contribution >= 4 is 17.1 Å². The molecule has 0 spiro atoms. The Labute approximate surface area is 107 Å². The van der Waals surface area contributed by atoms with Gasteiger partial charge in [-0.1, -0.05) is 13.0 Å². The average Bonchev–Trinajstić information content (AvgIpc) is 3.05. The van der Waals surface area contributed by atoms with Crippen LogP contribution in [0.1, 0.15) is 26.7 Å². The molecular weight excluding hydrogens is 230 g/mol. The highest BCUT2D eigenvalue weighted by atomic mass is 16.6. The van der Waals surface area contributed by atoms with E-state index in [2.05, 4.69) is 17.6 Å². The zero-order chi connectivity index (χ0) is 13.2. The number of benzene rings is 1. The van der Waals surface area contributed by atoms with Gasteiger partial charge in [0.1, 0.15) is 11.4 Å². The van der Waals surface area contributed by atoms with Crippen molar-refractivity contribution in [3.05, 3.63) is 28.3 Å². The topological polar surface area (TPSA) is 67.2 Å². The summed E-state index contributed by atoms with van der Waals surface area (Å²) in [5.41, 5.74) is 1.64. The molecule has 0 unspecified atom stereocenters. The molecule has 98 valence electrons. The van der Waals surface area contributed by atoms with E-state index >= 15 is 0 Å². The van der Waals surface area contributed by atoms with Crippen LogP contribution >= 0.6 is 0 Å². The first-order valence-corrected chi connectivity index (χ1v) is 6.31. The molecule has 0 amide bonds. The Morgan fingerprint density at radius 3 is 2.44 bits per heavy atom. The molecule has 5 heteroatoms. The summed E-state index contributed by atoms with van der Waals surface area (Å²) < 4.78 is 0. The van der Waals surface area contributed by atoms with Crippen LogP contribution in [0.25, 0.3) is 0 Å². The zero-order valence-corrected chi connectivity index (χ0v) is 10.8. The molecule has 2 rings (SSSR count). The number of hydrogen-bond acceptors (Lipinski definition) is 4. The lowest BCUT2D eigenvalue weighted by molar-refractivity contribution is -0.383. The molecule has 1 aromatic carbocycles. The number of para-hydroxylation sites is 1. The highest BCUT2D eigenvalue weighted by molar-refractivity contribution is 5.76. The Morgan fingerprint density at radius 1 is 1.33 bits per heavy atom. The van der Waals surface area contributed by atoms with Gasteiger partial charge in [0, 0.05) is 13.1 Å². The van der Waals surface area contributed by atoms with Crippen molar-refractivity contribution < 1.29 is 4.92 Å². The van der Waals surface area contributed by atoms with Crippen molar-refractivity contribution in [1.82, 2.24) is 0 Å². The van der Waals surface area contributed by atoms with Gasteiger partial charge in [0.15, 0.2) is 0 Å². The monoisotopic (exact) mass is 249 g/mol. The third kappa shape index (κ3) is 2.72. The van der Waals surface area contributed by atoms with Crippen molar-refractivity contribution in [3.8, 4) is 0 Å². The van der Waals surface area contributed by atoms with Gasteiger partial charge in [0.2, 0.25) is 0 Å². The fourth-order valence-corrected chi connectivity index (χ4v) is 1.91. The van der Waals surface area contributed by atoms with E-state index in [0.717, 1.165) is 6.54 Å². The minimum absolute atomic E-state index is 0.142. The molecule has 0 heterocycles. The van der Waals surface area contributed by atoms with Gasteiger partial charge in [-0.25, -0.2) is 0 Å². The second-order valence-corrected chi connectivity index (χ2v) is 5.15. The molecule has 18 heavy (non-hydrogen) atoms. The van der Waals surface area contributed by atoms with E-state index in [-0.39, 0.29) is 10.6 Å². The van der Waals surface area contributed by atoms with Crippen LogP contribution in [-0.2, 0) is 0 Å². The Bertz CT molecular complexity index is 456. The molecule has 1 fully saturated rings. The maximum Gasteiger partial charge on any atom is 0.315 e. The van der Waals surface area contributed by atoms with Crippen molar-refractivity contribution in [3.63, 3.8) is 0 Å². The lowest BCUT2D eigenvalue weighted by Crippen LogP contribution is -2.13. The molecule has 0 aliphatic heterocycles. The second kappa shape index (κ2) is 4.84. The Morgan fingerprint density at radius 2 is 1.94 bits per heavy atom. The van der Waals surface area contributed by atoms with Gasteiger partial charge in [-0.15, -0.1) is 0 Å². The van der Waals surface area contributed by atoms with Gasteiger partial charge in [-0.2, -0.15) is 0 Å². The Kier molecular flexibility index (Phi) is 3.41. The summed E-state index contributed by atoms with van der Waals surface area (Å²) in [5.74, 6) is 0.